The Morgan fingerprint density at radius 3 is 3.00 bits per heavy atom. The fourth-order valence-corrected chi connectivity index (χ4v) is 1.42. The van der Waals surface area contributed by atoms with Gasteiger partial charge in [-0.25, -0.2) is 9.37 Å². The molecule has 0 aliphatic heterocycles. The van der Waals surface area contributed by atoms with Gasteiger partial charge in [-0.05, 0) is 17.7 Å². The number of halogens is 1. The Labute approximate surface area is 86.6 Å². The maximum Gasteiger partial charge on any atom is 0.123 e. The lowest BCUT2D eigenvalue weighted by Crippen LogP contribution is -2.03. The number of aliphatic hydroxyl groups excluding tert-OH is 1. The number of aromatic amines is 1. The van der Waals surface area contributed by atoms with Crippen molar-refractivity contribution in [3.8, 4) is 0 Å². The summed E-state index contributed by atoms with van der Waals surface area (Å²) in [4.78, 5) is 6.88. The number of nitrogens with one attached hydrogen (secondary N) is 1. The van der Waals surface area contributed by atoms with Gasteiger partial charge in [0.2, 0.25) is 0 Å². The molecule has 2 N–H and O–H groups in total. The number of imidazole rings is 1. The van der Waals surface area contributed by atoms with Crippen LogP contribution >= 0.6 is 0 Å². The number of H-pyrrole nitrogens is 1. The van der Waals surface area contributed by atoms with Gasteiger partial charge in [-0.3, -0.25) is 0 Å². The second-order valence-corrected chi connectivity index (χ2v) is 3.31. The largest absolute Gasteiger partial charge is 0.388 e. The first-order valence-electron chi connectivity index (χ1n) is 4.67. The molecule has 3 nitrogen and oxygen atoms in total. The van der Waals surface area contributed by atoms with Gasteiger partial charge in [0, 0.05) is 18.8 Å². The molecule has 1 heterocycles. The zero-order valence-electron chi connectivity index (χ0n) is 8.02. The summed E-state index contributed by atoms with van der Waals surface area (Å²) in [6, 6.07) is 5.95. The first-order valence-corrected chi connectivity index (χ1v) is 4.67. The van der Waals surface area contributed by atoms with Crippen molar-refractivity contribution in [2.24, 2.45) is 0 Å². The van der Waals surface area contributed by atoms with Gasteiger partial charge >= 0.3 is 0 Å². The summed E-state index contributed by atoms with van der Waals surface area (Å²) in [7, 11) is 0. The molecule has 0 amide bonds. The summed E-state index contributed by atoms with van der Waals surface area (Å²) in [6.45, 7) is 0. The van der Waals surface area contributed by atoms with Crippen LogP contribution in [0.3, 0.4) is 0 Å². The zero-order chi connectivity index (χ0) is 10.7. The molecule has 78 valence electrons. The van der Waals surface area contributed by atoms with E-state index in [4.69, 9.17) is 0 Å². The zero-order valence-corrected chi connectivity index (χ0v) is 8.02. The van der Waals surface area contributed by atoms with E-state index in [9.17, 15) is 9.50 Å². The van der Waals surface area contributed by atoms with E-state index in [0.29, 0.717) is 17.8 Å². The lowest BCUT2D eigenvalue weighted by Gasteiger charge is -2.08. The Morgan fingerprint density at radius 1 is 1.47 bits per heavy atom. The van der Waals surface area contributed by atoms with Crippen LogP contribution in [0.15, 0.2) is 36.7 Å². The Kier molecular flexibility index (Phi) is 2.78. The van der Waals surface area contributed by atoms with Crippen LogP contribution in [-0.4, -0.2) is 15.1 Å². The lowest BCUT2D eigenvalue weighted by atomic mass is 10.1. The smallest absolute Gasteiger partial charge is 0.123 e. The van der Waals surface area contributed by atoms with E-state index >= 15 is 0 Å². The quantitative estimate of drug-likeness (QED) is 0.804. The minimum Gasteiger partial charge on any atom is -0.388 e. The molecule has 0 fully saturated rings. The van der Waals surface area contributed by atoms with Crippen molar-refractivity contribution in [1.82, 2.24) is 9.97 Å². The molecule has 1 aromatic carbocycles. The average Bonchev–Trinajstić information content (AvgIpc) is 2.70. The molecule has 1 aromatic heterocycles. The Balaban J connectivity index is 2.11. The highest BCUT2D eigenvalue weighted by molar-refractivity contribution is 5.19. The van der Waals surface area contributed by atoms with E-state index in [1.807, 2.05) is 0 Å². The Morgan fingerprint density at radius 2 is 2.33 bits per heavy atom. The number of benzene rings is 1. The molecule has 2 aromatic rings. The minimum atomic E-state index is -0.730. The number of aromatic nitrogens is 2. The molecule has 0 radical (unpaired) electrons. The average molecular weight is 206 g/mol. The van der Waals surface area contributed by atoms with Crippen molar-refractivity contribution in [3.63, 3.8) is 0 Å². The minimum absolute atomic E-state index is 0.342. The topological polar surface area (TPSA) is 48.9 Å². The molecule has 0 bridgehead atoms. The van der Waals surface area contributed by atoms with Gasteiger partial charge < -0.3 is 10.1 Å². The van der Waals surface area contributed by atoms with Crippen LogP contribution in [0.25, 0.3) is 0 Å². The third-order valence-electron chi connectivity index (χ3n) is 2.17. The molecule has 2 rings (SSSR count). The fraction of sp³-hybridized carbons (Fsp3) is 0.182. The van der Waals surface area contributed by atoms with Crippen LogP contribution in [0.2, 0.25) is 0 Å². The maximum atomic E-state index is 12.9. The van der Waals surface area contributed by atoms with Gasteiger partial charge in [-0.2, -0.15) is 0 Å². The van der Waals surface area contributed by atoms with Crippen molar-refractivity contribution in [2.75, 3.05) is 0 Å². The van der Waals surface area contributed by atoms with E-state index < -0.39 is 6.10 Å². The maximum absolute atomic E-state index is 12.9. The van der Waals surface area contributed by atoms with Crippen LogP contribution in [0, 0.1) is 5.82 Å². The Hall–Kier alpha value is -1.68. The second kappa shape index (κ2) is 4.23. The van der Waals surface area contributed by atoms with Crippen molar-refractivity contribution < 1.29 is 9.50 Å². The summed E-state index contributed by atoms with van der Waals surface area (Å²) in [5.41, 5.74) is 0.561. The monoisotopic (exact) mass is 206 g/mol. The first kappa shape index (κ1) is 9.86. The molecule has 1 atom stereocenters. The van der Waals surface area contributed by atoms with E-state index in [2.05, 4.69) is 9.97 Å². The third-order valence-corrected chi connectivity index (χ3v) is 2.17. The van der Waals surface area contributed by atoms with Crippen molar-refractivity contribution in [2.45, 2.75) is 12.5 Å². The summed E-state index contributed by atoms with van der Waals surface area (Å²) in [5.74, 6) is 0.345. The molecule has 0 saturated heterocycles. The van der Waals surface area contributed by atoms with Gasteiger partial charge in [0.05, 0.1) is 6.10 Å². The fourth-order valence-electron chi connectivity index (χ4n) is 1.42. The number of aliphatic hydroxyl groups is 1. The standard InChI is InChI=1S/C11H11FN2O/c12-9-3-1-2-8(6-9)10(15)7-11-13-4-5-14-11/h1-6,10,15H,7H2,(H,13,14). The first-order chi connectivity index (χ1) is 7.25. The van der Waals surface area contributed by atoms with Crippen molar-refractivity contribution in [3.05, 3.63) is 53.9 Å². The van der Waals surface area contributed by atoms with E-state index in [-0.39, 0.29) is 5.82 Å². The highest BCUT2D eigenvalue weighted by atomic mass is 19.1. The molecular formula is C11H11FN2O. The van der Waals surface area contributed by atoms with Crippen LogP contribution in [0.5, 0.6) is 0 Å². The third kappa shape index (κ3) is 2.41. The van der Waals surface area contributed by atoms with Crippen molar-refractivity contribution >= 4 is 0 Å². The van der Waals surface area contributed by atoms with E-state index in [0.717, 1.165) is 0 Å². The SMILES string of the molecule is OC(Cc1ncc[nH]1)c1cccc(F)c1. The summed E-state index contributed by atoms with van der Waals surface area (Å²) >= 11 is 0. The highest BCUT2D eigenvalue weighted by Crippen LogP contribution is 2.17. The number of hydrogen-bond acceptors (Lipinski definition) is 2. The lowest BCUT2D eigenvalue weighted by molar-refractivity contribution is 0.175. The molecular weight excluding hydrogens is 195 g/mol. The van der Waals surface area contributed by atoms with Crippen LogP contribution in [0.4, 0.5) is 4.39 Å². The van der Waals surface area contributed by atoms with Crippen molar-refractivity contribution in [1.29, 1.82) is 0 Å². The van der Waals surface area contributed by atoms with E-state index in [1.165, 1.54) is 12.1 Å². The molecule has 0 aliphatic carbocycles. The Bertz CT molecular complexity index is 428. The number of nitrogens with zero attached hydrogens (tertiary/aromatic N) is 1. The van der Waals surface area contributed by atoms with Crippen LogP contribution in [0.1, 0.15) is 17.5 Å². The summed E-state index contributed by atoms with van der Waals surface area (Å²) in [6.07, 6.45) is 2.93. The highest BCUT2D eigenvalue weighted by Gasteiger charge is 2.10. The molecule has 15 heavy (non-hydrogen) atoms. The van der Waals surface area contributed by atoms with Crippen LogP contribution < -0.4 is 0 Å². The van der Waals surface area contributed by atoms with Gasteiger partial charge in [0.25, 0.3) is 0 Å². The van der Waals surface area contributed by atoms with E-state index in [1.54, 1.807) is 24.5 Å². The predicted molar refractivity (Wildman–Crippen MR) is 53.7 cm³/mol. The molecule has 0 aliphatic rings. The number of rotatable bonds is 3. The molecule has 0 spiro atoms. The van der Waals surface area contributed by atoms with Crippen LogP contribution in [-0.2, 0) is 6.42 Å². The molecule has 1 unspecified atom stereocenters. The predicted octanol–water partition coefficient (Wildman–Crippen LogP) is 1.82. The summed E-state index contributed by atoms with van der Waals surface area (Å²) in [5, 5.41) is 9.79. The van der Waals surface area contributed by atoms with Gasteiger partial charge in [-0.1, -0.05) is 12.1 Å². The van der Waals surface area contributed by atoms with Gasteiger partial charge in [0.1, 0.15) is 11.6 Å². The summed E-state index contributed by atoms with van der Waals surface area (Å²) < 4.78 is 12.9. The normalized spacial score (nSPS) is 12.7. The number of hydrogen-bond donors (Lipinski definition) is 2. The van der Waals surface area contributed by atoms with Gasteiger partial charge in [-0.15, -0.1) is 0 Å². The molecule has 4 heteroatoms. The van der Waals surface area contributed by atoms with Gasteiger partial charge in [0.15, 0.2) is 0 Å². The second-order valence-electron chi connectivity index (χ2n) is 3.31. The molecule has 0 saturated carbocycles.